The second-order valence-corrected chi connectivity index (χ2v) is 5.23. The van der Waals surface area contributed by atoms with Gasteiger partial charge in [0.1, 0.15) is 5.75 Å². The van der Waals surface area contributed by atoms with Gasteiger partial charge in [0.2, 0.25) is 0 Å². The summed E-state index contributed by atoms with van der Waals surface area (Å²) in [5.41, 5.74) is 1.31. The van der Waals surface area contributed by atoms with Crippen molar-refractivity contribution in [2.75, 3.05) is 6.61 Å². The summed E-state index contributed by atoms with van der Waals surface area (Å²) < 4.78 is 5.50. The Morgan fingerprint density at radius 2 is 1.95 bits per heavy atom. The van der Waals surface area contributed by atoms with Gasteiger partial charge in [-0.2, -0.15) is 0 Å². The molecule has 1 aromatic carbocycles. The van der Waals surface area contributed by atoms with Gasteiger partial charge in [0.25, 0.3) is 5.91 Å². The molecule has 0 aliphatic heterocycles. The Hall–Kier alpha value is -1.51. The molecule has 1 aliphatic rings. The number of nitrogens with one attached hydrogen (secondary N) is 1. The fourth-order valence-electron chi connectivity index (χ4n) is 2.53. The Morgan fingerprint density at radius 3 is 2.58 bits per heavy atom. The molecular formula is C16H23NO2. The van der Waals surface area contributed by atoms with Gasteiger partial charge in [-0.15, -0.1) is 0 Å². The Labute approximate surface area is 115 Å². The third-order valence-electron chi connectivity index (χ3n) is 3.55. The summed E-state index contributed by atoms with van der Waals surface area (Å²) in [5, 5.41) is 3.02. The first-order chi connectivity index (χ1) is 9.28. The van der Waals surface area contributed by atoms with Gasteiger partial charge in [0.05, 0.1) is 0 Å². The van der Waals surface area contributed by atoms with Gasteiger partial charge >= 0.3 is 0 Å². The van der Waals surface area contributed by atoms with Gasteiger partial charge in [-0.3, -0.25) is 4.79 Å². The summed E-state index contributed by atoms with van der Waals surface area (Å²) in [6, 6.07) is 8.37. The summed E-state index contributed by atoms with van der Waals surface area (Å²) in [4.78, 5) is 11.7. The van der Waals surface area contributed by atoms with Crippen LogP contribution in [0.15, 0.2) is 24.3 Å². The fraction of sp³-hybridized carbons (Fsp3) is 0.562. The van der Waals surface area contributed by atoms with E-state index in [9.17, 15) is 4.79 Å². The Balaban J connectivity index is 1.73. The lowest BCUT2D eigenvalue weighted by atomic mass is 10.1. The van der Waals surface area contributed by atoms with Gasteiger partial charge in [-0.05, 0) is 37.0 Å². The molecule has 0 radical (unpaired) electrons. The van der Waals surface area contributed by atoms with Gasteiger partial charge in [0, 0.05) is 6.04 Å². The van der Waals surface area contributed by atoms with E-state index < -0.39 is 0 Å². The van der Waals surface area contributed by atoms with Crippen molar-refractivity contribution >= 4 is 5.91 Å². The Kier molecular flexibility index (Phi) is 5.25. The summed E-state index contributed by atoms with van der Waals surface area (Å²) >= 11 is 0. The first-order valence-corrected chi connectivity index (χ1v) is 7.29. The monoisotopic (exact) mass is 261 g/mol. The maximum atomic E-state index is 11.7. The van der Waals surface area contributed by atoms with Crippen LogP contribution in [0.25, 0.3) is 0 Å². The van der Waals surface area contributed by atoms with Crippen LogP contribution in [0, 0.1) is 0 Å². The van der Waals surface area contributed by atoms with Crippen LogP contribution in [0.3, 0.4) is 0 Å². The predicted octanol–water partition coefficient (Wildman–Crippen LogP) is 3.08. The quantitative estimate of drug-likeness (QED) is 0.854. The van der Waals surface area contributed by atoms with Crippen LogP contribution < -0.4 is 10.1 Å². The molecule has 1 N–H and O–H groups in total. The van der Waals surface area contributed by atoms with Crippen molar-refractivity contribution in [2.24, 2.45) is 0 Å². The second-order valence-electron chi connectivity index (χ2n) is 5.23. The summed E-state index contributed by atoms with van der Waals surface area (Å²) in [6.07, 6.45) is 6.90. The number of carbonyl (C=O) groups is 1. The number of hydrogen-bond donors (Lipinski definition) is 1. The number of benzene rings is 1. The molecule has 1 saturated carbocycles. The minimum absolute atomic E-state index is 0.00969. The van der Waals surface area contributed by atoms with Crippen LogP contribution in [0.2, 0.25) is 0 Å². The molecule has 0 aromatic heterocycles. The second kappa shape index (κ2) is 7.17. The molecule has 1 aromatic rings. The average Bonchev–Trinajstić information content (AvgIpc) is 2.91. The van der Waals surface area contributed by atoms with Crippen LogP contribution >= 0.6 is 0 Å². The SMILES string of the molecule is CCCc1ccc(OCC(=O)NC2CCCC2)cc1. The molecular weight excluding hydrogens is 238 g/mol. The van der Waals surface area contributed by atoms with E-state index in [2.05, 4.69) is 24.4 Å². The third kappa shape index (κ3) is 4.58. The molecule has 1 aliphatic carbocycles. The van der Waals surface area contributed by atoms with Gasteiger partial charge in [-0.25, -0.2) is 0 Å². The number of amides is 1. The lowest BCUT2D eigenvalue weighted by Gasteiger charge is -2.12. The third-order valence-corrected chi connectivity index (χ3v) is 3.55. The van der Waals surface area contributed by atoms with Crippen molar-refractivity contribution in [3.05, 3.63) is 29.8 Å². The van der Waals surface area contributed by atoms with E-state index in [0.717, 1.165) is 31.4 Å². The van der Waals surface area contributed by atoms with E-state index >= 15 is 0 Å². The van der Waals surface area contributed by atoms with Crippen LogP contribution in [-0.4, -0.2) is 18.6 Å². The number of ether oxygens (including phenoxy) is 1. The van der Waals surface area contributed by atoms with Crippen molar-refractivity contribution in [1.29, 1.82) is 0 Å². The predicted molar refractivity (Wildman–Crippen MR) is 76.3 cm³/mol. The van der Waals surface area contributed by atoms with Gasteiger partial charge in [0.15, 0.2) is 6.61 Å². The van der Waals surface area contributed by atoms with Gasteiger partial charge < -0.3 is 10.1 Å². The number of hydrogen-bond acceptors (Lipinski definition) is 2. The number of rotatable bonds is 6. The first kappa shape index (κ1) is 13.9. The van der Waals surface area contributed by atoms with Crippen molar-refractivity contribution in [1.82, 2.24) is 5.32 Å². The summed E-state index contributed by atoms with van der Waals surface area (Å²) in [5.74, 6) is 0.756. The maximum absolute atomic E-state index is 11.7. The highest BCUT2D eigenvalue weighted by Gasteiger charge is 2.17. The summed E-state index contributed by atoms with van der Waals surface area (Å²) in [6.45, 7) is 2.28. The van der Waals surface area contributed by atoms with Crippen LogP contribution in [-0.2, 0) is 11.2 Å². The number of carbonyl (C=O) groups excluding carboxylic acids is 1. The molecule has 1 amide bonds. The van der Waals surface area contributed by atoms with Crippen molar-refractivity contribution in [3.8, 4) is 5.75 Å². The standard InChI is InChI=1S/C16H23NO2/c1-2-5-13-8-10-15(11-9-13)19-12-16(18)17-14-6-3-4-7-14/h8-11,14H,2-7,12H2,1H3,(H,17,18). The van der Waals surface area contributed by atoms with E-state index in [4.69, 9.17) is 4.74 Å². The van der Waals surface area contributed by atoms with E-state index in [1.807, 2.05) is 12.1 Å². The molecule has 0 unspecified atom stereocenters. The topological polar surface area (TPSA) is 38.3 Å². The molecule has 0 bridgehead atoms. The number of aryl methyl sites for hydroxylation is 1. The highest BCUT2D eigenvalue weighted by atomic mass is 16.5. The van der Waals surface area contributed by atoms with E-state index in [-0.39, 0.29) is 12.5 Å². The van der Waals surface area contributed by atoms with E-state index in [0.29, 0.717) is 6.04 Å². The summed E-state index contributed by atoms with van der Waals surface area (Å²) in [7, 11) is 0. The van der Waals surface area contributed by atoms with E-state index in [1.165, 1.54) is 18.4 Å². The molecule has 0 saturated heterocycles. The molecule has 3 heteroatoms. The van der Waals surface area contributed by atoms with Crippen molar-refractivity contribution in [3.63, 3.8) is 0 Å². The molecule has 104 valence electrons. The zero-order chi connectivity index (χ0) is 13.5. The molecule has 1 fully saturated rings. The minimum atomic E-state index is -0.00969. The highest BCUT2D eigenvalue weighted by molar-refractivity contribution is 5.77. The van der Waals surface area contributed by atoms with Crippen LogP contribution in [0.5, 0.6) is 5.75 Å². The maximum Gasteiger partial charge on any atom is 0.258 e. The fourth-order valence-corrected chi connectivity index (χ4v) is 2.53. The Morgan fingerprint density at radius 1 is 1.26 bits per heavy atom. The van der Waals surface area contributed by atoms with Crippen molar-refractivity contribution < 1.29 is 9.53 Å². The Bertz CT molecular complexity index is 394. The average molecular weight is 261 g/mol. The lowest BCUT2D eigenvalue weighted by molar-refractivity contribution is -0.123. The molecule has 0 spiro atoms. The van der Waals surface area contributed by atoms with Crippen LogP contribution in [0.4, 0.5) is 0 Å². The smallest absolute Gasteiger partial charge is 0.258 e. The zero-order valence-corrected chi connectivity index (χ0v) is 11.7. The van der Waals surface area contributed by atoms with E-state index in [1.54, 1.807) is 0 Å². The van der Waals surface area contributed by atoms with Crippen molar-refractivity contribution in [2.45, 2.75) is 51.5 Å². The van der Waals surface area contributed by atoms with Crippen LogP contribution in [0.1, 0.15) is 44.6 Å². The molecule has 2 rings (SSSR count). The first-order valence-electron chi connectivity index (χ1n) is 7.29. The highest BCUT2D eigenvalue weighted by Crippen LogP contribution is 2.17. The molecule has 3 nitrogen and oxygen atoms in total. The zero-order valence-electron chi connectivity index (χ0n) is 11.7. The lowest BCUT2D eigenvalue weighted by Crippen LogP contribution is -2.36. The minimum Gasteiger partial charge on any atom is -0.484 e. The normalized spacial score (nSPS) is 15.4. The molecule has 19 heavy (non-hydrogen) atoms. The largest absolute Gasteiger partial charge is 0.484 e. The molecule has 0 heterocycles. The van der Waals surface area contributed by atoms with Gasteiger partial charge in [-0.1, -0.05) is 38.3 Å². The molecule has 0 atom stereocenters.